The number of ketones is 1. The van der Waals surface area contributed by atoms with Crippen LogP contribution in [0.5, 0.6) is 0 Å². The fraction of sp³-hybridized carbons (Fsp3) is 0.259. The number of carbonyl (C=O) groups is 1. The SMILES string of the molecule is CC(=O)C=C(C)O.Cc1cc(C)c(-c2cc3ccc[c-]c3c3nc(C)c(C)n23)c(C)c1.[Pt]. The van der Waals surface area contributed by atoms with Crippen LogP contribution in [0.25, 0.3) is 27.7 Å². The standard InChI is InChI=1S/C22H21N2.C5H8O2.Pt/c1-13-10-14(2)21(15(3)11-13)20-12-18-8-6-7-9-19(18)22-23-16(4)17(5)24(20)22;1-4(6)3-5(2)7;/h6-8,10-12H,1-5H3;3,6H,1-2H3;/q-1;;. The summed E-state index contributed by atoms with van der Waals surface area (Å²) in [5, 5.41) is 10.6. The van der Waals surface area contributed by atoms with Crippen molar-refractivity contribution in [1.82, 2.24) is 9.38 Å². The fourth-order valence-electron chi connectivity index (χ4n) is 4.11. The van der Waals surface area contributed by atoms with Crippen molar-refractivity contribution in [2.45, 2.75) is 48.5 Å². The first-order valence-corrected chi connectivity index (χ1v) is 10.3. The molecular weight excluding hydrogens is 579 g/mol. The number of aliphatic hydroxyl groups is 1. The molecule has 0 aliphatic carbocycles. The van der Waals surface area contributed by atoms with Gasteiger partial charge in [0.2, 0.25) is 0 Å². The number of aryl methyl sites for hydroxylation is 5. The van der Waals surface area contributed by atoms with E-state index in [1.807, 2.05) is 12.1 Å². The predicted molar refractivity (Wildman–Crippen MR) is 128 cm³/mol. The molecule has 0 unspecified atom stereocenters. The van der Waals surface area contributed by atoms with Gasteiger partial charge in [0.05, 0.1) is 11.4 Å². The van der Waals surface area contributed by atoms with Gasteiger partial charge >= 0.3 is 0 Å². The van der Waals surface area contributed by atoms with Crippen molar-refractivity contribution < 1.29 is 31.0 Å². The Hall–Kier alpha value is -2.71. The van der Waals surface area contributed by atoms with Gasteiger partial charge < -0.3 is 9.51 Å². The van der Waals surface area contributed by atoms with Crippen LogP contribution < -0.4 is 0 Å². The molecule has 0 amide bonds. The molecule has 2 heterocycles. The molecule has 4 nitrogen and oxygen atoms in total. The van der Waals surface area contributed by atoms with Crippen molar-refractivity contribution >= 4 is 22.2 Å². The molecule has 4 aromatic rings. The van der Waals surface area contributed by atoms with Gasteiger partial charge in [-0.25, -0.2) is 0 Å². The monoisotopic (exact) mass is 608 g/mol. The van der Waals surface area contributed by atoms with E-state index in [0.717, 1.165) is 16.7 Å². The zero-order valence-electron chi connectivity index (χ0n) is 19.6. The van der Waals surface area contributed by atoms with Crippen molar-refractivity contribution in [3.05, 3.63) is 82.4 Å². The van der Waals surface area contributed by atoms with Crippen molar-refractivity contribution in [2.75, 3.05) is 0 Å². The summed E-state index contributed by atoms with van der Waals surface area (Å²) in [6, 6.07) is 16.3. The molecule has 0 aliphatic rings. The topological polar surface area (TPSA) is 54.6 Å². The van der Waals surface area contributed by atoms with Crippen LogP contribution in [-0.4, -0.2) is 20.3 Å². The van der Waals surface area contributed by atoms with E-state index in [-0.39, 0.29) is 32.6 Å². The summed E-state index contributed by atoms with van der Waals surface area (Å²) < 4.78 is 2.29. The average Bonchev–Trinajstić information content (AvgIpc) is 2.95. The van der Waals surface area contributed by atoms with Crippen LogP contribution >= 0.6 is 0 Å². The average molecular weight is 609 g/mol. The third-order valence-corrected chi connectivity index (χ3v) is 5.33. The molecule has 1 N–H and O–H groups in total. The minimum Gasteiger partial charge on any atom is -0.512 e. The summed E-state index contributed by atoms with van der Waals surface area (Å²) in [7, 11) is 0. The van der Waals surface area contributed by atoms with Crippen LogP contribution in [-0.2, 0) is 25.9 Å². The molecule has 32 heavy (non-hydrogen) atoms. The Labute approximate surface area is 204 Å². The molecule has 0 bridgehead atoms. The number of rotatable bonds is 2. The maximum Gasteiger partial charge on any atom is 0.155 e. The van der Waals surface area contributed by atoms with Crippen molar-refractivity contribution in [3.8, 4) is 11.3 Å². The van der Waals surface area contributed by atoms with Crippen molar-refractivity contribution in [2.24, 2.45) is 0 Å². The Balaban J connectivity index is 0.000000398. The zero-order valence-corrected chi connectivity index (χ0v) is 21.9. The fourth-order valence-corrected chi connectivity index (χ4v) is 4.11. The maximum absolute atomic E-state index is 10.0. The molecule has 0 fully saturated rings. The summed E-state index contributed by atoms with van der Waals surface area (Å²) in [5.74, 6) is -0.0625. The van der Waals surface area contributed by atoms with Gasteiger partial charge in [0, 0.05) is 49.8 Å². The number of pyridine rings is 1. The van der Waals surface area contributed by atoms with Crippen LogP contribution in [0.1, 0.15) is 41.9 Å². The number of allylic oxidation sites excluding steroid dienone is 2. The summed E-state index contributed by atoms with van der Waals surface area (Å²) >= 11 is 0. The summed E-state index contributed by atoms with van der Waals surface area (Å²) in [6.45, 7) is 13.6. The van der Waals surface area contributed by atoms with Gasteiger partial charge in [0.1, 0.15) is 0 Å². The van der Waals surface area contributed by atoms with Crippen LogP contribution in [0.3, 0.4) is 0 Å². The Bertz CT molecular complexity index is 1310. The van der Waals surface area contributed by atoms with Crippen LogP contribution in [0.15, 0.2) is 48.2 Å². The molecule has 0 saturated carbocycles. The summed E-state index contributed by atoms with van der Waals surface area (Å²) in [4.78, 5) is 14.9. The first-order chi connectivity index (χ1) is 14.6. The largest absolute Gasteiger partial charge is 0.512 e. The van der Waals surface area contributed by atoms with E-state index in [1.165, 1.54) is 59.0 Å². The molecule has 170 valence electrons. The number of fused-ring (bicyclic) bond motifs is 3. The second-order valence-electron chi connectivity index (χ2n) is 8.14. The zero-order chi connectivity index (χ0) is 22.9. The maximum atomic E-state index is 10.0. The molecule has 2 aromatic heterocycles. The van der Waals surface area contributed by atoms with E-state index in [4.69, 9.17) is 10.1 Å². The molecule has 0 spiro atoms. The Morgan fingerprint density at radius 3 is 2.22 bits per heavy atom. The smallest absolute Gasteiger partial charge is 0.155 e. The number of benzene rings is 2. The molecule has 0 saturated heterocycles. The van der Waals surface area contributed by atoms with Crippen LogP contribution in [0, 0.1) is 40.7 Å². The Morgan fingerprint density at radius 1 is 1.06 bits per heavy atom. The third kappa shape index (κ3) is 5.19. The molecular formula is C27H29N2O2Pt-. The minimum absolute atomic E-state index is 0. The molecule has 0 aliphatic heterocycles. The number of aromatic nitrogens is 2. The van der Waals surface area contributed by atoms with Gasteiger partial charge in [-0.2, -0.15) is 0 Å². The first-order valence-electron chi connectivity index (χ1n) is 10.3. The number of aliphatic hydroxyl groups excluding tert-OH is 1. The summed E-state index contributed by atoms with van der Waals surface area (Å²) in [6.07, 6.45) is 1.17. The molecule has 4 rings (SSSR count). The molecule has 0 atom stereocenters. The van der Waals surface area contributed by atoms with Gasteiger partial charge in [0.25, 0.3) is 0 Å². The van der Waals surface area contributed by atoms with Crippen LogP contribution in [0.4, 0.5) is 0 Å². The molecule has 2 aromatic carbocycles. The summed E-state index contributed by atoms with van der Waals surface area (Å²) in [5.41, 5.74) is 9.69. The molecule has 0 radical (unpaired) electrons. The van der Waals surface area contributed by atoms with E-state index >= 15 is 0 Å². The minimum atomic E-state index is -0.125. The van der Waals surface area contributed by atoms with Gasteiger partial charge in [0.15, 0.2) is 5.78 Å². The Kier molecular flexibility index (Phi) is 8.20. The number of carbonyl (C=O) groups excluding carboxylic acids is 1. The van der Waals surface area contributed by atoms with Crippen molar-refractivity contribution in [3.63, 3.8) is 0 Å². The molecule has 5 heteroatoms. The third-order valence-electron chi connectivity index (χ3n) is 5.33. The van der Waals surface area contributed by atoms with E-state index in [1.54, 1.807) is 0 Å². The number of hydrogen-bond acceptors (Lipinski definition) is 3. The second kappa shape index (κ2) is 10.3. The van der Waals surface area contributed by atoms with E-state index in [0.29, 0.717) is 0 Å². The Morgan fingerprint density at radius 2 is 1.69 bits per heavy atom. The number of imidazole rings is 1. The van der Waals surface area contributed by atoms with Crippen LogP contribution in [0.2, 0.25) is 0 Å². The van der Waals surface area contributed by atoms with Gasteiger partial charge in [-0.05, 0) is 59.6 Å². The van der Waals surface area contributed by atoms with E-state index in [2.05, 4.69) is 69.4 Å². The number of hydrogen-bond donors (Lipinski definition) is 1. The first kappa shape index (κ1) is 25.5. The second-order valence-corrected chi connectivity index (χ2v) is 8.14. The van der Waals surface area contributed by atoms with E-state index < -0.39 is 0 Å². The quantitative estimate of drug-likeness (QED) is 0.160. The number of nitrogens with zero attached hydrogens (tertiary/aromatic N) is 2. The normalized spacial score (nSPS) is 11.2. The van der Waals surface area contributed by atoms with Gasteiger partial charge in [-0.1, -0.05) is 23.8 Å². The van der Waals surface area contributed by atoms with E-state index in [9.17, 15) is 4.79 Å². The van der Waals surface area contributed by atoms with Gasteiger partial charge in [-0.3, -0.25) is 9.78 Å². The van der Waals surface area contributed by atoms with Crippen molar-refractivity contribution in [1.29, 1.82) is 0 Å². The van der Waals surface area contributed by atoms with Gasteiger partial charge in [-0.15, -0.1) is 35.0 Å². The predicted octanol–water partition coefficient (Wildman–Crippen LogP) is 6.53.